The molecule has 0 aliphatic carbocycles. The Morgan fingerprint density at radius 1 is 1.14 bits per heavy atom. The molecule has 2 aromatic carbocycles. The van der Waals surface area contributed by atoms with E-state index in [0.29, 0.717) is 41.8 Å². The number of aryl methyl sites for hydroxylation is 1. The summed E-state index contributed by atoms with van der Waals surface area (Å²) in [5.41, 5.74) is 0.134. The molecule has 0 atom stereocenters. The van der Waals surface area contributed by atoms with Crippen LogP contribution >= 0.6 is 0 Å². The highest BCUT2D eigenvalue weighted by Gasteiger charge is 2.34. The fourth-order valence-electron chi connectivity index (χ4n) is 4.31. The van der Waals surface area contributed by atoms with Gasteiger partial charge in [-0.3, -0.25) is 14.4 Å². The van der Waals surface area contributed by atoms with Crippen LogP contribution in [0.4, 0.5) is 23.2 Å². The number of halogens is 4. The lowest BCUT2D eigenvalue weighted by Crippen LogP contribution is -2.38. The monoisotopic (exact) mass is 520 g/mol. The van der Waals surface area contributed by atoms with Crippen LogP contribution in [0.1, 0.15) is 28.8 Å². The highest BCUT2D eigenvalue weighted by molar-refractivity contribution is 6.04. The topological polar surface area (TPSA) is 68.6 Å². The van der Waals surface area contributed by atoms with Crippen molar-refractivity contribution >= 4 is 11.6 Å². The molecular formula is C26H28F4N4O3. The first-order valence-electron chi connectivity index (χ1n) is 11.8. The second-order valence-corrected chi connectivity index (χ2v) is 8.82. The molecule has 1 aliphatic rings. The zero-order valence-electron chi connectivity index (χ0n) is 20.5. The second-order valence-electron chi connectivity index (χ2n) is 8.82. The quantitative estimate of drug-likeness (QED) is 0.424. The molecule has 1 N–H and O–H groups in total. The average molecular weight is 521 g/mol. The minimum atomic E-state index is -4.84. The minimum Gasteiger partial charge on any atom is -0.492 e. The first-order valence-corrected chi connectivity index (χ1v) is 11.8. The van der Waals surface area contributed by atoms with Crippen molar-refractivity contribution in [2.45, 2.75) is 25.1 Å². The molecule has 0 unspecified atom stereocenters. The van der Waals surface area contributed by atoms with Gasteiger partial charge in [0.05, 0.1) is 17.4 Å². The van der Waals surface area contributed by atoms with Gasteiger partial charge >= 0.3 is 6.18 Å². The van der Waals surface area contributed by atoms with Gasteiger partial charge in [0.25, 0.3) is 5.91 Å². The highest BCUT2D eigenvalue weighted by Crippen LogP contribution is 2.34. The van der Waals surface area contributed by atoms with Crippen LogP contribution in [0, 0.1) is 5.82 Å². The van der Waals surface area contributed by atoms with E-state index in [0.717, 1.165) is 44.2 Å². The maximum Gasteiger partial charge on any atom is 0.419 e. The lowest BCUT2D eigenvalue weighted by molar-refractivity contribution is -0.140. The fourth-order valence-corrected chi connectivity index (χ4v) is 4.31. The van der Waals surface area contributed by atoms with Crippen molar-refractivity contribution in [1.29, 1.82) is 0 Å². The zero-order valence-corrected chi connectivity index (χ0v) is 20.5. The lowest BCUT2D eigenvalue weighted by atomic mass is 10.1. The third-order valence-corrected chi connectivity index (χ3v) is 6.40. The molecule has 7 nitrogen and oxygen atoms in total. The highest BCUT2D eigenvalue weighted by atomic mass is 19.4. The maximum atomic E-state index is 13.9. The number of carbonyl (C=O) groups is 1. The van der Waals surface area contributed by atoms with Gasteiger partial charge in [-0.2, -0.15) is 18.3 Å². The molecule has 2 heterocycles. The van der Waals surface area contributed by atoms with Gasteiger partial charge < -0.3 is 14.8 Å². The molecule has 11 heteroatoms. The van der Waals surface area contributed by atoms with E-state index in [-0.39, 0.29) is 5.56 Å². The van der Waals surface area contributed by atoms with Gasteiger partial charge in [0.1, 0.15) is 18.2 Å². The van der Waals surface area contributed by atoms with Crippen molar-refractivity contribution in [3.63, 3.8) is 0 Å². The van der Waals surface area contributed by atoms with Gasteiger partial charge in [0.2, 0.25) is 0 Å². The number of rotatable bonds is 8. The summed E-state index contributed by atoms with van der Waals surface area (Å²) >= 11 is 0. The summed E-state index contributed by atoms with van der Waals surface area (Å²) in [6.07, 6.45) is -0.944. The number of likely N-dealkylation sites (tertiary alicyclic amines) is 1. The van der Waals surface area contributed by atoms with Crippen LogP contribution in [0.3, 0.4) is 0 Å². The van der Waals surface area contributed by atoms with Crippen molar-refractivity contribution in [2.75, 3.05) is 38.7 Å². The Hall–Kier alpha value is -3.44. The molecule has 37 heavy (non-hydrogen) atoms. The number of carbonyl (C=O) groups excluding carboxylic acids is 1. The van der Waals surface area contributed by atoms with E-state index in [4.69, 9.17) is 9.47 Å². The predicted octanol–water partition coefficient (Wildman–Crippen LogP) is 4.99. The number of piperidine rings is 1. The van der Waals surface area contributed by atoms with Crippen LogP contribution in [0.2, 0.25) is 0 Å². The minimum absolute atomic E-state index is 0.231. The Balaban J connectivity index is 1.48. The lowest BCUT2D eigenvalue weighted by Gasteiger charge is -2.31. The largest absolute Gasteiger partial charge is 0.492 e. The summed E-state index contributed by atoms with van der Waals surface area (Å²) in [6.45, 7) is 3.08. The Kier molecular flexibility index (Phi) is 8.13. The van der Waals surface area contributed by atoms with E-state index in [1.165, 1.54) is 0 Å². The number of ether oxygens (including phenoxy) is 2. The molecule has 0 saturated carbocycles. The Labute approximate surface area is 212 Å². The van der Waals surface area contributed by atoms with Gasteiger partial charge in [-0.1, -0.05) is 0 Å². The SMILES string of the molecule is COC1CCN(CCOc2ccc(NC(=O)c3ccc(C(F)(F)F)c(F)c3)cc2-c2ccnn2C)CC1. The van der Waals surface area contributed by atoms with E-state index >= 15 is 0 Å². The summed E-state index contributed by atoms with van der Waals surface area (Å²) in [5.74, 6) is -1.66. The van der Waals surface area contributed by atoms with E-state index in [1.54, 1.807) is 49.3 Å². The number of hydrogen-bond acceptors (Lipinski definition) is 5. The van der Waals surface area contributed by atoms with E-state index < -0.39 is 23.5 Å². The molecule has 1 aromatic heterocycles. The van der Waals surface area contributed by atoms with Crippen molar-refractivity contribution in [1.82, 2.24) is 14.7 Å². The number of hydrogen-bond donors (Lipinski definition) is 1. The van der Waals surface area contributed by atoms with Gasteiger partial charge in [0.15, 0.2) is 0 Å². The molecule has 0 radical (unpaired) electrons. The zero-order chi connectivity index (χ0) is 26.6. The molecular weight excluding hydrogens is 492 g/mol. The van der Waals surface area contributed by atoms with Gasteiger partial charge in [-0.15, -0.1) is 0 Å². The van der Waals surface area contributed by atoms with Gasteiger partial charge in [-0.05, 0) is 55.3 Å². The summed E-state index contributed by atoms with van der Waals surface area (Å²) in [5, 5.41) is 6.82. The number of anilines is 1. The van der Waals surface area contributed by atoms with Crippen molar-refractivity contribution in [2.24, 2.45) is 7.05 Å². The third kappa shape index (κ3) is 6.47. The third-order valence-electron chi connectivity index (χ3n) is 6.40. The van der Waals surface area contributed by atoms with E-state index in [1.807, 2.05) is 0 Å². The number of benzene rings is 2. The van der Waals surface area contributed by atoms with Crippen LogP contribution in [-0.2, 0) is 18.0 Å². The molecule has 4 rings (SSSR count). The maximum absolute atomic E-state index is 13.9. The smallest absolute Gasteiger partial charge is 0.419 e. The van der Waals surface area contributed by atoms with Gasteiger partial charge in [0, 0.05) is 56.8 Å². The molecule has 198 valence electrons. The summed E-state index contributed by atoms with van der Waals surface area (Å²) in [6, 6.07) is 8.90. The summed E-state index contributed by atoms with van der Waals surface area (Å²) < 4.78 is 65.6. The van der Waals surface area contributed by atoms with Crippen molar-refractivity contribution < 1.29 is 31.8 Å². The van der Waals surface area contributed by atoms with Crippen molar-refractivity contribution in [3.8, 4) is 17.0 Å². The predicted molar refractivity (Wildman–Crippen MR) is 130 cm³/mol. The first-order chi connectivity index (χ1) is 17.7. The molecule has 1 amide bonds. The first kappa shape index (κ1) is 26.6. The molecule has 1 saturated heterocycles. The van der Waals surface area contributed by atoms with E-state index in [2.05, 4.69) is 15.3 Å². The fraction of sp³-hybridized carbons (Fsp3) is 0.385. The Morgan fingerprint density at radius 2 is 1.89 bits per heavy atom. The van der Waals surface area contributed by atoms with Crippen LogP contribution < -0.4 is 10.1 Å². The number of aromatic nitrogens is 2. The molecule has 0 bridgehead atoms. The number of nitrogens with one attached hydrogen (secondary N) is 1. The van der Waals surface area contributed by atoms with Crippen LogP contribution in [0.15, 0.2) is 48.7 Å². The summed E-state index contributed by atoms with van der Waals surface area (Å²) in [4.78, 5) is 15.0. The Morgan fingerprint density at radius 3 is 2.51 bits per heavy atom. The molecule has 1 fully saturated rings. The van der Waals surface area contributed by atoms with Crippen LogP contribution in [-0.4, -0.2) is 60.0 Å². The standard InChI is InChI=1S/C26H28F4N4O3/c1-33-23(7-10-31-33)20-16-18(32-25(35)17-3-5-21(22(27)15-17)26(28,29)30)4-6-24(20)37-14-13-34-11-8-19(36-2)9-12-34/h3-7,10,15-16,19H,8-9,11-14H2,1-2H3,(H,32,35). The number of methoxy groups -OCH3 is 1. The van der Waals surface area contributed by atoms with E-state index in [9.17, 15) is 22.4 Å². The van der Waals surface area contributed by atoms with Gasteiger partial charge in [-0.25, -0.2) is 4.39 Å². The Bertz CT molecular complexity index is 1240. The average Bonchev–Trinajstić information content (AvgIpc) is 3.30. The normalized spacial score (nSPS) is 15.1. The number of alkyl halides is 3. The summed E-state index contributed by atoms with van der Waals surface area (Å²) in [7, 11) is 3.51. The second kappa shape index (κ2) is 11.3. The number of amides is 1. The molecule has 0 spiro atoms. The molecule has 3 aromatic rings. The van der Waals surface area contributed by atoms with Crippen molar-refractivity contribution in [3.05, 3.63) is 65.6 Å². The van der Waals surface area contributed by atoms with Crippen LogP contribution in [0.25, 0.3) is 11.3 Å². The molecule has 1 aliphatic heterocycles. The number of nitrogens with zero attached hydrogens (tertiary/aromatic N) is 3. The van der Waals surface area contributed by atoms with Crippen LogP contribution in [0.5, 0.6) is 5.75 Å².